The van der Waals surface area contributed by atoms with E-state index in [1.54, 1.807) is 35.5 Å². The first kappa shape index (κ1) is 16.1. The van der Waals surface area contributed by atoms with E-state index in [0.29, 0.717) is 17.9 Å². The van der Waals surface area contributed by atoms with Crippen molar-refractivity contribution in [3.05, 3.63) is 48.3 Å². The van der Waals surface area contributed by atoms with Gasteiger partial charge in [0.2, 0.25) is 5.91 Å². The van der Waals surface area contributed by atoms with E-state index in [1.807, 2.05) is 12.1 Å². The van der Waals surface area contributed by atoms with Crippen LogP contribution in [0, 0.1) is 0 Å². The Labute approximate surface area is 140 Å². The third-order valence-electron chi connectivity index (χ3n) is 4.07. The van der Waals surface area contributed by atoms with E-state index in [2.05, 4.69) is 15.3 Å². The van der Waals surface area contributed by atoms with Crippen LogP contribution in [0.4, 0.5) is 0 Å². The second-order valence-electron chi connectivity index (χ2n) is 5.94. The monoisotopic (exact) mass is 324 g/mol. The Morgan fingerprint density at radius 1 is 1.17 bits per heavy atom. The number of benzene rings is 1. The van der Waals surface area contributed by atoms with Crippen molar-refractivity contribution in [2.75, 3.05) is 13.1 Å². The molecule has 2 heterocycles. The molecule has 3 rings (SSSR count). The van der Waals surface area contributed by atoms with E-state index in [0.717, 1.165) is 24.9 Å². The van der Waals surface area contributed by atoms with Gasteiger partial charge in [-0.1, -0.05) is 12.1 Å². The standard InChI is InChI=1S/C18H20N4O2/c1-13(23)21-16-4-2-11-22(12-16)18(24)15-7-5-14(6-8-15)17-19-9-3-10-20-17/h3,5-10,16H,2,4,11-12H2,1H3,(H,21,23). The van der Waals surface area contributed by atoms with E-state index in [-0.39, 0.29) is 17.9 Å². The van der Waals surface area contributed by atoms with Gasteiger partial charge in [-0.15, -0.1) is 0 Å². The van der Waals surface area contributed by atoms with Gasteiger partial charge in [0.05, 0.1) is 0 Å². The second kappa shape index (κ2) is 7.21. The maximum absolute atomic E-state index is 12.7. The Balaban J connectivity index is 1.70. The van der Waals surface area contributed by atoms with Crippen LogP contribution in [0.25, 0.3) is 11.4 Å². The zero-order chi connectivity index (χ0) is 16.9. The lowest BCUT2D eigenvalue weighted by molar-refractivity contribution is -0.120. The lowest BCUT2D eigenvalue weighted by Crippen LogP contribution is -2.49. The molecule has 1 N–H and O–H groups in total. The Kier molecular flexibility index (Phi) is 4.84. The fourth-order valence-electron chi connectivity index (χ4n) is 2.96. The highest BCUT2D eigenvalue weighted by Gasteiger charge is 2.24. The van der Waals surface area contributed by atoms with Gasteiger partial charge in [0.25, 0.3) is 5.91 Å². The van der Waals surface area contributed by atoms with Crippen molar-refractivity contribution in [1.29, 1.82) is 0 Å². The Hall–Kier alpha value is -2.76. The number of rotatable bonds is 3. The van der Waals surface area contributed by atoms with Crippen molar-refractivity contribution in [1.82, 2.24) is 20.2 Å². The fourth-order valence-corrected chi connectivity index (χ4v) is 2.96. The van der Waals surface area contributed by atoms with Crippen LogP contribution in [-0.2, 0) is 4.79 Å². The summed E-state index contributed by atoms with van der Waals surface area (Å²) in [7, 11) is 0. The SMILES string of the molecule is CC(=O)NC1CCCN(C(=O)c2ccc(-c3ncccn3)cc2)C1. The van der Waals surface area contributed by atoms with Crippen LogP contribution in [0.2, 0.25) is 0 Å². The molecule has 1 fully saturated rings. The predicted octanol–water partition coefficient (Wildman–Crippen LogP) is 1.88. The van der Waals surface area contributed by atoms with Gasteiger partial charge in [0.15, 0.2) is 5.82 Å². The minimum atomic E-state index is -0.0542. The number of piperidine rings is 1. The van der Waals surface area contributed by atoms with E-state index in [9.17, 15) is 9.59 Å². The van der Waals surface area contributed by atoms with Gasteiger partial charge in [-0.2, -0.15) is 0 Å². The van der Waals surface area contributed by atoms with Gasteiger partial charge in [-0.05, 0) is 31.0 Å². The number of carbonyl (C=O) groups excluding carboxylic acids is 2. The largest absolute Gasteiger partial charge is 0.352 e. The van der Waals surface area contributed by atoms with E-state index in [4.69, 9.17) is 0 Å². The number of amides is 2. The van der Waals surface area contributed by atoms with Gasteiger partial charge in [-0.25, -0.2) is 9.97 Å². The molecule has 0 aliphatic carbocycles. The average molecular weight is 324 g/mol. The summed E-state index contributed by atoms with van der Waals surface area (Å²) >= 11 is 0. The summed E-state index contributed by atoms with van der Waals surface area (Å²) < 4.78 is 0. The highest BCUT2D eigenvalue weighted by Crippen LogP contribution is 2.18. The fraction of sp³-hybridized carbons (Fsp3) is 0.333. The first-order chi connectivity index (χ1) is 11.6. The van der Waals surface area contributed by atoms with Gasteiger partial charge in [-0.3, -0.25) is 9.59 Å². The lowest BCUT2D eigenvalue weighted by atomic mass is 10.0. The topological polar surface area (TPSA) is 75.2 Å². The van der Waals surface area contributed by atoms with E-state index >= 15 is 0 Å². The summed E-state index contributed by atoms with van der Waals surface area (Å²) in [6, 6.07) is 9.13. The molecule has 1 aromatic heterocycles. The zero-order valence-corrected chi connectivity index (χ0v) is 13.6. The highest BCUT2D eigenvalue weighted by atomic mass is 16.2. The molecule has 0 spiro atoms. The maximum Gasteiger partial charge on any atom is 0.253 e. The number of nitrogens with zero attached hydrogens (tertiary/aromatic N) is 3. The third kappa shape index (κ3) is 3.76. The number of aromatic nitrogens is 2. The van der Waals surface area contributed by atoms with Crippen LogP contribution >= 0.6 is 0 Å². The number of hydrogen-bond acceptors (Lipinski definition) is 4. The first-order valence-corrected chi connectivity index (χ1v) is 8.07. The molecule has 1 saturated heterocycles. The molecule has 1 aliphatic rings. The average Bonchev–Trinajstić information content (AvgIpc) is 2.62. The molecule has 0 bridgehead atoms. The third-order valence-corrected chi connectivity index (χ3v) is 4.07. The minimum Gasteiger partial charge on any atom is -0.352 e. The van der Waals surface area contributed by atoms with Crippen molar-refractivity contribution in [2.45, 2.75) is 25.8 Å². The Morgan fingerprint density at radius 2 is 1.88 bits per heavy atom. The molecular weight excluding hydrogens is 304 g/mol. The molecule has 1 aromatic carbocycles. The first-order valence-electron chi connectivity index (χ1n) is 8.07. The molecule has 1 aliphatic heterocycles. The smallest absolute Gasteiger partial charge is 0.253 e. The van der Waals surface area contributed by atoms with Crippen molar-refractivity contribution in [3.63, 3.8) is 0 Å². The highest BCUT2D eigenvalue weighted by molar-refractivity contribution is 5.94. The zero-order valence-electron chi connectivity index (χ0n) is 13.6. The van der Waals surface area contributed by atoms with Crippen LogP contribution in [0.15, 0.2) is 42.7 Å². The van der Waals surface area contributed by atoms with Crippen LogP contribution < -0.4 is 5.32 Å². The van der Waals surface area contributed by atoms with Crippen LogP contribution in [-0.4, -0.2) is 45.8 Å². The van der Waals surface area contributed by atoms with Crippen LogP contribution in [0.5, 0.6) is 0 Å². The number of nitrogens with one attached hydrogen (secondary N) is 1. The molecule has 24 heavy (non-hydrogen) atoms. The van der Waals surface area contributed by atoms with Gasteiger partial charge >= 0.3 is 0 Å². The molecule has 1 atom stereocenters. The maximum atomic E-state index is 12.7. The molecule has 2 amide bonds. The Bertz CT molecular complexity index is 716. The summed E-state index contributed by atoms with van der Waals surface area (Å²) in [5, 5.41) is 2.90. The van der Waals surface area contributed by atoms with Crippen molar-refractivity contribution >= 4 is 11.8 Å². The van der Waals surface area contributed by atoms with Gasteiger partial charge in [0.1, 0.15) is 0 Å². The van der Waals surface area contributed by atoms with E-state index < -0.39 is 0 Å². The van der Waals surface area contributed by atoms with Crippen molar-refractivity contribution < 1.29 is 9.59 Å². The number of carbonyl (C=O) groups is 2. The lowest BCUT2D eigenvalue weighted by Gasteiger charge is -2.33. The molecule has 6 heteroatoms. The molecule has 0 saturated carbocycles. The number of hydrogen-bond donors (Lipinski definition) is 1. The number of likely N-dealkylation sites (tertiary alicyclic amines) is 1. The van der Waals surface area contributed by atoms with Crippen LogP contribution in [0.1, 0.15) is 30.1 Å². The summed E-state index contributed by atoms with van der Waals surface area (Å²) in [6.07, 6.45) is 5.19. The summed E-state index contributed by atoms with van der Waals surface area (Å²) in [4.78, 5) is 34.1. The second-order valence-corrected chi connectivity index (χ2v) is 5.94. The molecule has 124 valence electrons. The quantitative estimate of drug-likeness (QED) is 0.935. The molecule has 2 aromatic rings. The summed E-state index contributed by atoms with van der Waals surface area (Å²) in [5.74, 6) is 0.576. The minimum absolute atomic E-state index is 0.00872. The normalized spacial score (nSPS) is 17.4. The van der Waals surface area contributed by atoms with E-state index in [1.165, 1.54) is 6.92 Å². The van der Waals surface area contributed by atoms with Crippen LogP contribution in [0.3, 0.4) is 0 Å². The molecule has 1 unspecified atom stereocenters. The molecule has 0 radical (unpaired) electrons. The molecular formula is C18H20N4O2. The molecule has 6 nitrogen and oxygen atoms in total. The predicted molar refractivity (Wildman–Crippen MR) is 90.2 cm³/mol. The van der Waals surface area contributed by atoms with Crippen molar-refractivity contribution in [3.8, 4) is 11.4 Å². The van der Waals surface area contributed by atoms with Crippen molar-refractivity contribution in [2.24, 2.45) is 0 Å². The summed E-state index contributed by atoms with van der Waals surface area (Å²) in [5.41, 5.74) is 1.51. The summed E-state index contributed by atoms with van der Waals surface area (Å²) in [6.45, 7) is 2.78. The Morgan fingerprint density at radius 3 is 2.54 bits per heavy atom. The van der Waals surface area contributed by atoms with Gasteiger partial charge < -0.3 is 10.2 Å². The van der Waals surface area contributed by atoms with Gasteiger partial charge in [0, 0.05) is 49.6 Å².